The van der Waals surface area contributed by atoms with Crippen LogP contribution < -0.4 is 10.9 Å². The van der Waals surface area contributed by atoms with Gasteiger partial charge in [0.25, 0.3) is 5.56 Å². The van der Waals surface area contributed by atoms with Crippen molar-refractivity contribution in [3.63, 3.8) is 0 Å². The van der Waals surface area contributed by atoms with E-state index in [1.165, 1.54) is 4.68 Å². The van der Waals surface area contributed by atoms with Gasteiger partial charge in [-0.1, -0.05) is 13.8 Å². The molecule has 1 N–H and O–H groups in total. The Morgan fingerprint density at radius 2 is 2.29 bits per heavy atom. The van der Waals surface area contributed by atoms with Crippen LogP contribution in [-0.2, 0) is 6.54 Å². The SMILES string of the molecule is CC#CCCn1ncc(NCC(C)C)cc1=O. The van der Waals surface area contributed by atoms with E-state index in [-0.39, 0.29) is 5.56 Å². The molecule has 4 nitrogen and oxygen atoms in total. The maximum absolute atomic E-state index is 11.7. The summed E-state index contributed by atoms with van der Waals surface area (Å²) in [5, 5.41) is 7.28. The predicted molar refractivity (Wildman–Crippen MR) is 69.9 cm³/mol. The van der Waals surface area contributed by atoms with Crippen LogP contribution in [-0.4, -0.2) is 16.3 Å². The molecule has 0 saturated heterocycles. The first-order chi connectivity index (χ1) is 8.13. The first-order valence-corrected chi connectivity index (χ1v) is 5.84. The molecule has 1 aromatic rings. The molecule has 0 fully saturated rings. The molecule has 0 atom stereocenters. The van der Waals surface area contributed by atoms with Gasteiger partial charge in [0.1, 0.15) is 0 Å². The van der Waals surface area contributed by atoms with E-state index >= 15 is 0 Å². The first kappa shape index (κ1) is 13.3. The summed E-state index contributed by atoms with van der Waals surface area (Å²) in [6.45, 7) is 7.40. The largest absolute Gasteiger partial charge is 0.383 e. The van der Waals surface area contributed by atoms with Crippen LogP contribution in [0.5, 0.6) is 0 Å². The Balaban J connectivity index is 2.64. The summed E-state index contributed by atoms with van der Waals surface area (Å²) in [7, 11) is 0. The van der Waals surface area contributed by atoms with Gasteiger partial charge in [0, 0.05) is 19.0 Å². The second-order valence-electron chi connectivity index (χ2n) is 4.26. The van der Waals surface area contributed by atoms with Crippen LogP contribution in [0.3, 0.4) is 0 Å². The normalized spacial score (nSPS) is 9.88. The van der Waals surface area contributed by atoms with Crippen molar-refractivity contribution in [1.29, 1.82) is 0 Å². The van der Waals surface area contributed by atoms with Crippen molar-refractivity contribution >= 4 is 5.69 Å². The molecule has 0 aliphatic carbocycles. The number of anilines is 1. The molecule has 0 bridgehead atoms. The number of hydrogen-bond acceptors (Lipinski definition) is 3. The van der Waals surface area contributed by atoms with Gasteiger partial charge in [-0.25, -0.2) is 4.68 Å². The zero-order chi connectivity index (χ0) is 12.7. The first-order valence-electron chi connectivity index (χ1n) is 5.84. The number of aromatic nitrogens is 2. The maximum Gasteiger partial charge on any atom is 0.268 e. The predicted octanol–water partition coefficient (Wildman–Crippen LogP) is 1.72. The fourth-order valence-corrected chi connectivity index (χ4v) is 1.31. The smallest absolute Gasteiger partial charge is 0.268 e. The van der Waals surface area contributed by atoms with Crippen molar-refractivity contribution in [2.45, 2.75) is 33.7 Å². The summed E-state index contributed by atoms with van der Waals surface area (Å²) >= 11 is 0. The molecule has 1 rings (SSSR count). The third kappa shape index (κ3) is 4.73. The molecule has 4 heteroatoms. The van der Waals surface area contributed by atoms with Crippen molar-refractivity contribution in [2.75, 3.05) is 11.9 Å². The minimum absolute atomic E-state index is 0.0864. The molecule has 0 aromatic carbocycles. The Bertz CT molecular complexity index is 466. The molecular formula is C13H19N3O. The van der Waals surface area contributed by atoms with Crippen LogP contribution >= 0.6 is 0 Å². The minimum Gasteiger partial charge on any atom is -0.383 e. The summed E-state index contributed by atoms with van der Waals surface area (Å²) in [5.41, 5.74) is 0.693. The van der Waals surface area contributed by atoms with Crippen LogP contribution in [0.1, 0.15) is 27.2 Å². The van der Waals surface area contributed by atoms with E-state index in [1.807, 2.05) is 0 Å². The maximum atomic E-state index is 11.7. The van der Waals surface area contributed by atoms with Crippen molar-refractivity contribution in [1.82, 2.24) is 9.78 Å². The number of aryl methyl sites for hydroxylation is 1. The van der Waals surface area contributed by atoms with E-state index in [9.17, 15) is 4.79 Å². The van der Waals surface area contributed by atoms with Gasteiger partial charge in [-0.15, -0.1) is 11.8 Å². The third-order valence-corrected chi connectivity index (χ3v) is 2.21. The molecule has 0 amide bonds. The highest BCUT2D eigenvalue weighted by Crippen LogP contribution is 2.01. The van der Waals surface area contributed by atoms with E-state index in [1.54, 1.807) is 19.2 Å². The molecule has 1 heterocycles. The summed E-state index contributed by atoms with van der Waals surface area (Å²) in [4.78, 5) is 11.7. The topological polar surface area (TPSA) is 46.9 Å². The molecule has 0 radical (unpaired) electrons. The highest BCUT2D eigenvalue weighted by Gasteiger charge is 2.00. The molecule has 0 unspecified atom stereocenters. The Kier molecular flexibility index (Phi) is 5.28. The fourth-order valence-electron chi connectivity index (χ4n) is 1.31. The van der Waals surface area contributed by atoms with Crippen LogP contribution in [0.15, 0.2) is 17.1 Å². The van der Waals surface area contributed by atoms with Gasteiger partial charge in [0.15, 0.2) is 0 Å². The van der Waals surface area contributed by atoms with E-state index in [0.717, 1.165) is 12.2 Å². The van der Waals surface area contributed by atoms with Gasteiger partial charge < -0.3 is 5.32 Å². The van der Waals surface area contributed by atoms with Crippen molar-refractivity contribution < 1.29 is 0 Å². The van der Waals surface area contributed by atoms with Gasteiger partial charge in [0.2, 0.25) is 0 Å². The van der Waals surface area contributed by atoms with Gasteiger partial charge in [0.05, 0.1) is 18.4 Å². The quantitative estimate of drug-likeness (QED) is 0.788. The number of rotatable bonds is 5. The summed E-state index contributed by atoms with van der Waals surface area (Å²) < 4.78 is 1.44. The second-order valence-corrected chi connectivity index (χ2v) is 4.26. The van der Waals surface area contributed by atoms with Crippen molar-refractivity contribution in [3.05, 3.63) is 22.6 Å². The average Bonchev–Trinajstić information content (AvgIpc) is 2.29. The van der Waals surface area contributed by atoms with E-state index < -0.39 is 0 Å². The standard InChI is InChI=1S/C13H19N3O/c1-4-5-6-7-16-13(17)8-12(10-15-16)14-9-11(2)3/h8,10-11,14H,6-7,9H2,1-3H3. The highest BCUT2D eigenvalue weighted by molar-refractivity contribution is 5.38. The highest BCUT2D eigenvalue weighted by atomic mass is 16.1. The Morgan fingerprint density at radius 1 is 1.53 bits per heavy atom. The summed E-state index contributed by atoms with van der Waals surface area (Å²) in [6, 6.07) is 1.58. The molecule has 17 heavy (non-hydrogen) atoms. The van der Waals surface area contributed by atoms with Gasteiger partial charge >= 0.3 is 0 Å². The zero-order valence-electron chi connectivity index (χ0n) is 10.7. The molecular weight excluding hydrogens is 214 g/mol. The van der Waals surface area contributed by atoms with Gasteiger partial charge in [-0.2, -0.15) is 5.10 Å². The summed E-state index contributed by atoms with van der Waals surface area (Å²) in [5.74, 6) is 6.25. The van der Waals surface area contributed by atoms with Crippen LogP contribution in [0.2, 0.25) is 0 Å². The Hall–Kier alpha value is -1.76. The molecule has 0 saturated carbocycles. The third-order valence-electron chi connectivity index (χ3n) is 2.21. The lowest BCUT2D eigenvalue weighted by atomic mass is 10.2. The average molecular weight is 233 g/mol. The van der Waals surface area contributed by atoms with Crippen molar-refractivity contribution in [3.8, 4) is 11.8 Å². The molecule has 1 aromatic heterocycles. The van der Waals surface area contributed by atoms with Crippen molar-refractivity contribution in [2.24, 2.45) is 5.92 Å². The number of nitrogens with zero attached hydrogens (tertiary/aromatic N) is 2. The lowest BCUT2D eigenvalue weighted by molar-refractivity contribution is 0.590. The lowest BCUT2D eigenvalue weighted by Gasteiger charge is -2.09. The van der Waals surface area contributed by atoms with Gasteiger partial charge in [-0.3, -0.25) is 4.79 Å². The minimum atomic E-state index is -0.0864. The monoisotopic (exact) mass is 233 g/mol. The molecule has 0 aliphatic heterocycles. The second kappa shape index (κ2) is 6.74. The molecule has 92 valence electrons. The number of nitrogens with one attached hydrogen (secondary N) is 1. The fraction of sp³-hybridized carbons (Fsp3) is 0.538. The van der Waals surface area contributed by atoms with Gasteiger partial charge in [-0.05, 0) is 12.8 Å². The van der Waals surface area contributed by atoms with E-state index in [4.69, 9.17) is 0 Å². The van der Waals surface area contributed by atoms with E-state index in [0.29, 0.717) is 18.9 Å². The zero-order valence-corrected chi connectivity index (χ0v) is 10.7. The molecule has 0 spiro atoms. The van der Waals surface area contributed by atoms with Crippen LogP contribution in [0.25, 0.3) is 0 Å². The Labute approximate surface area is 102 Å². The summed E-state index contributed by atoms with van der Waals surface area (Å²) in [6.07, 6.45) is 2.34. The lowest BCUT2D eigenvalue weighted by Crippen LogP contribution is -2.23. The molecule has 0 aliphatic rings. The van der Waals surface area contributed by atoms with Crippen LogP contribution in [0, 0.1) is 17.8 Å². The number of hydrogen-bond donors (Lipinski definition) is 1. The Morgan fingerprint density at radius 3 is 2.88 bits per heavy atom. The van der Waals surface area contributed by atoms with E-state index in [2.05, 4.69) is 36.1 Å². The van der Waals surface area contributed by atoms with Crippen LogP contribution in [0.4, 0.5) is 5.69 Å².